The van der Waals surface area contributed by atoms with Crippen LogP contribution in [0.2, 0.25) is 5.28 Å². The Labute approximate surface area is 95.0 Å². The summed E-state index contributed by atoms with van der Waals surface area (Å²) in [6, 6.07) is 1.79. The Morgan fingerprint density at radius 3 is 3.00 bits per heavy atom. The fourth-order valence-corrected chi connectivity index (χ4v) is 1.19. The topological polar surface area (TPSA) is 47.0 Å². The summed E-state index contributed by atoms with van der Waals surface area (Å²) in [5.74, 6) is 0.750. The molecule has 0 atom stereocenters. The lowest BCUT2D eigenvalue weighted by Gasteiger charge is -2.08. The predicted molar refractivity (Wildman–Crippen MR) is 61.2 cm³/mol. The minimum absolute atomic E-state index is 0.262. The number of nitrogens with zero attached hydrogens (tertiary/aromatic N) is 2. The Kier molecular flexibility index (Phi) is 5.36. The normalized spacial score (nSPS) is 10.7. The van der Waals surface area contributed by atoms with Crippen LogP contribution in [-0.4, -0.2) is 29.2 Å². The Morgan fingerprint density at radius 2 is 2.33 bits per heavy atom. The summed E-state index contributed by atoms with van der Waals surface area (Å²) in [6.45, 7) is 5.62. The van der Waals surface area contributed by atoms with E-state index < -0.39 is 0 Å². The van der Waals surface area contributed by atoms with Crippen LogP contribution in [0, 0.1) is 0 Å². The van der Waals surface area contributed by atoms with E-state index in [2.05, 4.69) is 15.3 Å². The summed E-state index contributed by atoms with van der Waals surface area (Å²) < 4.78 is 5.40. The molecule has 0 aliphatic heterocycles. The third-order valence-electron chi connectivity index (χ3n) is 1.70. The van der Waals surface area contributed by atoms with Gasteiger partial charge in [-0.3, -0.25) is 0 Å². The van der Waals surface area contributed by atoms with Gasteiger partial charge in [0.1, 0.15) is 5.82 Å². The van der Waals surface area contributed by atoms with Crippen LogP contribution < -0.4 is 5.32 Å². The number of halogens is 1. The minimum Gasteiger partial charge on any atom is -0.379 e. The maximum atomic E-state index is 5.64. The Bertz CT molecular complexity index is 294. The first-order valence-corrected chi connectivity index (χ1v) is 5.40. The fraction of sp³-hybridized carbons (Fsp3) is 0.600. The van der Waals surface area contributed by atoms with Crippen LogP contribution >= 0.6 is 11.6 Å². The first kappa shape index (κ1) is 12.2. The summed E-state index contributed by atoms with van der Waals surface area (Å²) in [5.41, 5.74) is 0. The molecule has 1 N–H and O–H groups in total. The molecule has 0 fully saturated rings. The smallest absolute Gasteiger partial charge is 0.224 e. The van der Waals surface area contributed by atoms with Gasteiger partial charge in [-0.05, 0) is 37.9 Å². The van der Waals surface area contributed by atoms with E-state index in [4.69, 9.17) is 16.3 Å². The molecule has 0 aliphatic rings. The first-order valence-electron chi connectivity index (χ1n) is 5.02. The molecule has 0 spiro atoms. The van der Waals surface area contributed by atoms with Crippen molar-refractivity contribution in [3.63, 3.8) is 0 Å². The highest BCUT2D eigenvalue weighted by Crippen LogP contribution is 2.05. The number of rotatable bonds is 6. The molecule has 0 unspecified atom stereocenters. The van der Waals surface area contributed by atoms with Crippen molar-refractivity contribution in [2.75, 3.05) is 18.5 Å². The number of hydrogen-bond acceptors (Lipinski definition) is 4. The lowest BCUT2D eigenvalue weighted by Crippen LogP contribution is -2.10. The van der Waals surface area contributed by atoms with E-state index in [0.717, 1.165) is 25.4 Å². The van der Waals surface area contributed by atoms with Crippen molar-refractivity contribution in [1.29, 1.82) is 0 Å². The first-order chi connectivity index (χ1) is 7.18. The minimum atomic E-state index is 0.262. The average Bonchev–Trinajstić information content (AvgIpc) is 2.17. The largest absolute Gasteiger partial charge is 0.379 e. The lowest BCUT2D eigenvalue weighted by atomic mass is 10.4. The Morgan fingerprint density at radius 1 is 1.53 bits per heavy atom. The zero-order valence-corrected chi connectivity index (χ0v) is 9.79. The van der Waals surface area contributed by atoms with Crippen LogP contribution in [-0.2, 0) is 4.74 Å². The molecular formula is C10H16ClN3O. The van der Waals surface area contributed by atoms with Crippen molar-refractivity contribution >= 4 is 17.4 Å². The molecule has 0 radical (unpaired) electrons. The van der Waals surface area contributed by atoms with Crippen molar-refractivity contribution < 1.29 is 4.74 Å². The van der Waals surface area contributed by atoms with Gasteiger partial charge < -0.3 is 10.1 Å². The van der Waals surface area contributed by atoms with Gasteiger partial charge in [-0.15, -0.1) is 0 Å². The van der Waals surface area contributed by atoms with Crippen molar-refractivity contribution in [2.45, 2.75) is 26.4 Å². The predicted octanol–water partition coefficient (Wildman–Crippen LogP) is 2.36. The van der Waals surface area contributed by atoms with E-state index in [0.29, 0.717) is 6.10 Å². The molecule has 0 amide bonds. The Hall–Kier alpha value is -0.870. The summed E-state index contributed by atoms with van der Waals surface area (Å²) >= 11 is 5.64. The molecule has 0 aliphatic carbocycles. The van der Waals surface area contributed by atoms with Crippen molar-refractivity contribution in [2.24, 2.45) is 0 Å². The highest BCUT2D eigenvalue weighted by atomic mass is 35.5. The van der Waals surface area contributed by atoms with Crippen LogP contribution in [0.25, 0.3) is 0 Å². The molecule has 0 bridgehead atoms. The molecule has 0 saturated carbocycles. The van der Waals surface area contributed by atoms with Gasteiger partial charge in [-0.1, -0.05) is 0 Å². The number of nitrogens with one attached hydrogen (secondary N) is 1. The third kappa shape index (κ3) is 5.54. The second-order valence-electron chi connectivity index (χ2n) is 3.41. The second-order valence-corrected chi connectivity index (χ2v) is 3.75. The van der Waals surface area contributed by atoms with Gasteiger partial charge in [0.25, 0.3) is 0 Å². The van der Waals surface area contributed by atoms with Gasteiger partial charge in [0.05, 0.1) is 6.10 Å². The van der Waals surface area contributed by atoms with Gasteiger partial charge in [-0.2, -0.15) is 0 Å². The van der Waals surface area contributed by atoms with Crippen LogP contribution in [0.15, 0.2) is 12.3 Å². The number of ether oxygens (including phenoxy) is 1. The van der Waals surface area contributed by atoms with Gasteiger partial charge in [0.2, 0.25) is 5.28 Å². The fourth-order valence-electron chi connectivity index (χ4n) is 1.04. The van der Waals surface area contributed by atoms with Crippen LogP contribution in [0.4, 0.5) is 5.82 Å². The summed E-state index contributed by atoms with van der Waals surface area (Å²) in [5, 5.41) is 3.41. The summed E-state index contributed by atoms with van der Waals surface area (Å²) in [7, 11) is 0. The summed E-state index contributed by atoms with van der Waals surface area (Å²) in [6.07, 6.45) is 2.86. The molecule has 0 saturated heterocycles. The molecule has 1 aromatic heterocycles. The molecule has 1 rings (SSSR count). The van der Waals surface area contributed by atoms with E-state index in [1.54, 1.807) is 12.3 Å². The quantitative estimate of drug-likeness (QED) is 0.601. The molecule has 1 aromatic rings. The van der Waals surface area contributed by atoms with Crippen LogP contribution in [0.3, 0.4) is 0 Å². The average molecular weight is 230 g/mol. The summed E-state index contributed by atoms with van der Waals surface area (Å²) in [4.78, 5) is 7.81. The van der Waals surface area contributed by atoms with Gasteiger partial charge >= 0.3 is 0 Å². The monoisotopic (exact) mass is 229 g/mol. The van der Waals surface area contributed by atoms with Crippen LogP contribution in [0.5, 0.6) is 0 Å². The van der Waals surface area contributed by atoms with E-state index in [-0.39, 0.29) is 5.28 Å². The SMILES string of the molecule is CC(C)OCCCNc1ccnc(Cl)n1. The van der Waals surface area contributed by atoms with E-state index >= 15 is 0 Å². The molecular weight excluding hydrogens is 214 g/mol. The number of hydrogen-bond donors (Lipinski definition) is 1. The third-order valence-corrected chi connectivity index (χ3v) is 1.89. The van der Waals surface area contributed by atoms with Crippen LogP contribution in [0.1, 0.15) is 20.3 Å². The maximum Gasteiger partial charge on any atom is 0.224 e. The van der Waals surface area contributed by atoms with Crippen molar-refractivity contribution in [3.8, 4) is 0 Å². The molecule has 1 heterocycles. The van der Waals surface area contributed by atoms with E-state index in [1.807, 2.05) is 13.8 Å². The second kappa shape index (κ2) is 6.58. The Balaban J connectivity index is 2.15. The van der Waals surface area contributed by atoms with E-state index in [9.17, 15) is 0 Å². The maximum absolute atomic E-state index is 5.64. The number of aromatic nitrogens is 2. The number of anilines is 1. The molecule has 15 heavy (non-hydrogen) atoms. The van der Waals surface area contributed by atoms with Crippen molar-refractivity contribution in [3.05, 3.63) is 17.5 Å². The van der Waals surface area contributed by atoms with Gasteiger partial charge in [0.15, 0.2) is 0 Å². The van der Waals surface area contributed by atoms with Gasteiger partial charge in [-0.25, -0.2) is 9.97 Å². The zero-order chi connectivity index (χ0) is 11.1. The molecule has 4 nitrogen and oxygen atoms in total. The van der Waals surface area contributed by atoms with Crippen molar-refractivity contribution in [1.82, 2.24) is 9.97 Å². The standard InChI is InChI=1S/C10H16ClN3O/c1-8(2)15-7-3-5-12-9-4-6-13-10(11)14-9/h4,6,8H,3,5,7H2,1-2H3,(H,12,13,14). The lowest BCUT2D eigenvalue weighted by molar-refractivity contribution is 0.0787. The molecule has 5 heteroatoms. The highest BCUT2D eigenvalue weighted by Gasteiger charge is 1.96. The zero-order valence-electron chi connectivity index (χ0n) is 9.03. The molecule has 84 valence electrons. The molecule has 0 aromatic carbocycles. The highest BCUT2D eigenvalue weighted by molar-refractivity contribution is 6.28. The van der Waals surface area contributed by atoms with Gasteiger partial charge in [0, 0.05) is 19.3 Å². The van der Waals surface area contributed by atoms with E-state index in [1.165, 1.54) is 0 Å².